The molecule has 29 heavy (non-hydrogen) atoms. The number of carbonyl (C=O) groups is 1. The van der Waals surface area contributed by atoms with Gasteiger partial charge in [-0.3, -0.25) is 0 Å². The minimum absolute atomic E-state index is 0.0449. The first-order chi connectivity index (χ1) is 14.0. The van der Waals surface area contributed by atoms with Crippen LogP contribution in [0, 0.1) is 13.8 Å². The van der Waals surface area contributed by atoms with E-state index in [0.717, 1.165) is 17.0 Å². The van der Waals surface area contributed by atoms with E-state index in [9.17, 15) is 4.79 Å². The zero-order valence-electron chi connectivity index (χ0n) is 15.8. The summed E-state index contributed by atoms with van der Waals surface area (Å²) in [6.07, 6.45) is 1.63. The molecule has 2 aromatic heterocycles. The highest BCUT2D eigenvalue weighted by atomic mass is 35.5. The number of ether oxygens (including phenoxy) is 2. The Bertz CT molecular complexity index is 970. The molecule has 6 nitrogen and oxygen atoms in total. The largest absolute Gasteiger partial charge is 0.487 e. The second kappa shape index (κ2) is 10.0. The number of benzene rings is 1. The lowest BCUT2D eigenvalue weighted by molar-refractivity contribution is 0.0445. The highest BCUT2D eigenvalue weighted by molar-refractivity contribution is 7.98. The van der Waals surface area contributed by atoms with Crippen LogP contribution in [-0.2, 0) is 10.5 Å². The molecule has 0 aliphatic heterocycles. The van der Waals surface area contributed by atoms with Crippen molar-refractivity contribution >= 4 is 40.9 Å². The van der Waals surface area contributed by atoms with Gasteiger partial charge < -0.3 is 14.0 Å². The zero-order valence-corrected chi connectivity index (χ0v) is 18.1. The number of para-hydroxylation sites is 1. The minimum Gasteiger partial charge on any atom is -0.487 e. The van der Waals surface area contributed by atoms with Crippen molar-refractivity contribution in [3.05, 3.63) is 69.2 Å². The summed E-state index contributed by atoms with van der Waals surface area (Å²) >= 11 is 13.5. The lowest BCUT2D eigenvalue weighted by atomic mass is 10.2. The van der Waals surface area contributed by atoms with Gasteiger partial charge in [0.15, 0.2) is 5.75 Å². The second-order valence-corrected chi connectivity index (χ2v) is 7.76. The van der Waals surface area contributed by atoms with Gasteiger partial charge in [-0.1, -0.05) is 34.4 Å². The van der Waals surface area contributed by atoms with E-state index in [1.165, 1.54) is 11.8 Å². The summed E-state index contributed by atoms with van der Waals surface area (Å²) in [6, 6.07) is 8.44. The monoisotopic (exact) mass is 452 g/mol. The van der Waals surface area contributed by atoms with E-state index in [-0.39, 0.29) is 13.2 Å². The Hall–Kier alpha value is -2.22. The fraction of sp³-hybridized carbons (Fsp3) is 0.250. The zero-order chi connectivity index (χ0) is 20.8. The molecule has 0 saturated carbocycles. The molecule has 0 aliphatic carbocycles. The number of thioether (sulfide) groups is 1. The summed E-state index contributed by atoms with van der Waals surface area (Å²) in [5, 5.41) is 5.31. The molecule has 152 valence electrons. The number of nitrogens with zero attached hydrogens (tertiary/aromatic N) is 2. The number of aryl methyl sites for hydroxylation is 2. The number of halogens is 2. The van der Waals surface area contributed by atoms with Gasteiger partial charge in [0.1, 0.15) is 24.0 Å². The quantitative estimate of drug-likeness (QED) is 0.253. The Kier molecular flexibility index (Phi) is 7.41. The molecule has 0 aliphatic rings. The van der Waals surface area contributed by atoms with Crippen LogP contribution >= 0.6 is 35.0 Å². The second-order valence-electron chi connectivity index (χ2n) is 5.98. The molecule has 0 bridgehead atoms. The fourth-order valence-corrected chi connectivity index (χ4v) is 4.13. The molecule has 3 aromatic rings. The predicted octanol–water partition coefficient (Wildman–Crippen LogP) is 5.52. The molecule has 0 atom stereocenters. The molecule has 0 unspecified atom stereocenters. The van der Waals surface area contributed by atoms with Gasteiger partial charge in [-0.25, -0.2) is 9.78 Å². The maximum atomic E-state index is 12.5. The molecule has 0 N–H and O–H groups in total. The first-order valence-electron chi connectivity index (χ1n) is 8.71. The van der Waals surface area contributed by atoms with Crippen LogP contribution in [-0.4, -0.2) is 29.3 Å². The Morgan fingerprint density at radius 2 is 1.90 bits per heavy atom. The molecule has 0 spiro atoms. The summed E-state index contributed by atoms with van der Waals surface area (Å²) < 4.78 is 16.0. The van der Waals surface area contributed by atoms with Crippen molar-refractivity contribution in [2.45, 2.75) is 24.6 Å². The van der Waals surface area contributed by atoms with E-state index in [0.29, 0.717) is 32.1 Å². The number of pyridine rings is 1. The first-order valence-corrected chi connectivity index (χ1v) is 10.4. The summed E-state index contributed by atoms with van der Waals surface area (Å²) in [6.45, 7) is 3.90. The molecule has 3 rings (SSSR count). The predicted molar refractivity (Wildman–Crippen MR) is 112 cm³/mol. The van der Waals surface area contributed by atoms with Crippen molar-refractivity contribution in [3.8, 4) is 5.75 Å². The van der Waals surface area contributed by atoms with Gasteiger partial charge in [-0.15, -0.1) is 11.8 Å². The molecular weight excluding hydrogens is 435 g/mol. The average Bonchev–Trinajstić information content (AvgIpc) is 3.03. The third-order valence-corrected chi connectivity index (χ3v) is 5.63. The van der Waals surface area contributed by atoms with E-state index in [1.54, 1.807) is 36.5 Å². The maximum Gasteiger partial charge on any atom is 0.341 e. The van der Waals surface area contributed by atoms with E-state index < -0.39 is 5.97 Å². The third kappa shape index (κ3) is 5.44. The highest BCUT2D eigenvalue weighted by Gasteiger charge is 2.17. The Morgan fingerprint density at radius 1 is 1.14 bits per heavy atom. The van der Waals surface area contributed by atoms with E-state index in [1.807, 2.05) is 13.8 Å². The van der Waals surface area contributed by atoms with Crippen LogP contribution in [0.2, 0.25) is 10.0 Å². The normalized spacial score (nSPS) is 10.8. The summed E-state index contributed by atoms with van der Waals surface area (Å²) in [4.78, 5) is 16.8. The minimum atomic E-state index is -0.479. The van der Waals surface area contributed by atoms with Crippen LogP contribution in [0.25, 0.3) is 0 Å². The maximum absolute atomic E-state index is 12.5. The van der Waals surface area contributed by atoms with Crippen LogP contribution in [0.3, 0.4) is 0 Å². The molecule has 0 saturated heterocycles. The topological polar surface area (TPSA) is 74.5 Å². The van der Waals surface area contributed by atoms with Gasteiger partial charge in [0.25, 0.3) is 0 Å². The van der Waals surface area contributed by atoms with Gasteiger partial charge in [0.05, 0.1) is 21.3 Å². The highest BCUT2D eigenvalue weighted by Crippen LogP contribution is 2.32. The number of aromatic nitrogens is 2. The molecule has 0 fully saturated rings. The Balaban J connectivity index is 1.57. The standard InChI is InChI=1S/C20H18Cl2N2O4S/c1-12-15(13(2)28-24-12)11-29-19-14(5-4-8-23-19)20(25)27-10-9-26-18-16(21)6-3-7-17(18)22/h3-8H,9-11H2,1-2H3. The summed E-state index contributed by atoms with van der Waals surface area (Å²) in [7, 11) is 0. The third-order valence-electron chi connectivity index (χ3n) is 4.01. The number of carbonyl (C=O) groups excluding carboxylic acids is 1. The van der Waals surface area contributed by atoms with Crippen LogP contribution in [0.4, 0.5) is 0 Å². The van der Waals surface area contributed by atoms with Crippen molar-refractivity contribution in [2.24, 2.45) is 0 Å². The van der Waals surface area contributed by atoms with Crippen LogP contribution in [0.15, 0.2) is 46.1 Å². The molecule has 0 radical (unpaired) electrons. The van der Waals surface area contributed by atoms with Crippen molar-refractivity contribution < 1.29 is 18.8 Å². The molecule has 1 aromatic carbocycles. The van der Waals surface area contributed by atoms with Crippen LogP contribution in [0.1, 0.15) is 27.4 Å². The SMILES string of the molecule is Cc1noc(C)c1CSc1ncccc1C(=O)OCCOc1c(Cl)cccc1Cl. The molecule has 2 heterocycles. The van der Waals surface area contributed by atoms with Crippen molar-refractivity contribution in [2.75, 3.05) is 13.2 Å². The van der Waals surface area contributed by atoms with Crippen LogP contribution in [0.5, 0.6) is 5.75 Å². The number of esters is 1. The van der Waals surface area contributed by atoms with Gasteiger partial charge in [-0.2, -0.15) is 0 Å². The Labute approximate surface area is 182 Å². The number of hydrogen-bond acceptors (Lipinski definition) is 7. The number of hydrogen-bond donors (Lipinski definition) is 0. The average molecular weight is 453 g/mol. The van der Waals surface area contributed by atoms with Gasteiger partial charge >= 0.3 is 5.97 Å². The van der Waals surface area contributed by atoms with Gasteiger partial charge in [0.2, 0.25) is 0 Å². The van der Waals surface area contributed by atoms with Crippen molar-refractivity contribution in [3.63, 3.8) is 0 Å². The van der Waals surface area contributed by atoms with E-state index in [4.69, 9.17) is 37.2 Å². The molecule has 0 amide bonds. The van der Waals surface area contributed by atoms with Crippen molar-refractivity contribution in [1.82, 2.24) is 10.1 Å². The van der Waals surface area contributed by atoms with Gasteiger partial charge in [0, 0.05) is 17.5 Å². The fourth-order valence-electron chi connectivity index (χ4n) is 2.49. The molecular formula is C20H18Cl2N2O4S. The summed E-state index contributed by atoms with van der Waals surface area (Å²) in [5.41, 5.74) is 2.20. The smallest absolute Gasteiger partial charge is 0.341 e. The lowest BCUT2D eigenvalue weighted by Gasteiger charge is -2.11. The summed E-state index contributed by atoms with van der Waals surface area (Å²) in [5.74, 6) is 1.23. The van der Waals surface area contributed by atoms with E-state index in [2.05, 4.69) is 10.1 Å². The number of rotatable bonds is 8. The van der Waals surface area contributed by atoms with Crippen molar-refractivity contribution in [1.29, 1.82) is 0 Å². The lowest BCUT2D eigenvalue weighted by Crippen LogP contribution is -2.13. The van der Waals surface area contributed by atoms with Gasteiger partial charge in [-0.05, 0) is 38.1 Å². The Morgan fingerprint density at radius 3 is 2.59 bits per heavy atom. The van der Waals surface area contributed by atoms with Crippen LogP contribution < -0.4 is 4.74 Å². The molecule has 9 heteroatoms. The first kappa shape index (κ1) is 21.5. The van der Waals surface area contributed by atoms with E-state index >= 15 is 0 Å².